The van der Waals surface area contributed by atoms with Gasteiger partial charge in [0.25, 0.3) is 5.91 Å². The van der Waals surface area contributed by atoms with Gasteiger partial charge in [0.1, 0.15) is 5.82 Å². The van der Waals surface area contributed by atoms with Crippen LogP contribution in [0.1, 0.15) is 29.6 Å². The molecule has 0 aliphatic carbocycles. The molecule has 4 rings (SSSR count). The van der Waals surface area contributed by atoms with Crippen molar-refractivity contribution in [1.82, 2.24) is 9.97 Å². The van der Waals surface area contributed by atoms with E-state index >= 15 is 0 Å². The van der Waals surface area contributed by atoms with Crippen molar-refractivity contribution in [2.45, 2.75) is 19.3 Å². The second-order valence-electron chi connectivity index (χ2n) is 6.85. The van der Waals surface area contributed by atoms with Crippen LogP contribution in [0.25, 0.3) is 0 Å². The van der Waals surface area contributed by atoms with Gasteiger partial charge in [-0.05, 0) is 67.8 Å². The number of pyridine rings is 2. The SMILES string of the molecule is O=C(Nc1ccc(Nc2ccc(N3CCCCC3)cc2)nc1)c1cccnc1. The number of hydrogen-bond acceptors (Lipinski definition) is 5. The summed E-state index contributed by atoms with van der Waals surface area (Å²) in [6.45, 7) is 2.28. The lowest BCUT2D eigenvalue weighted by Gasteiger charge is -2.28. The van der Waals surface area contributed by atoms with Crippen LogP contribution in [0, 0.1) is 0 Å². The summed E-state index contributed by atoms with van der Waals surface area (Å²) in [6.07, 6.45) is 8.69. The van der Waals surface area contributed by atoms with Gasteiger partial charge in [0.2, 0.25) is 0 Å². The van der Waals surface area contributed by atoms with Crippen molar-refractivity contribution in [3.05, 3.63) is 72.7 Å². The van der Waals surface area contributed by atoms with Gasteiger partial charge in [0.15, 0.2) is 0 Å². The number of aromatic nitrogens is 2. The summed E-state index contributed by atoms with van der Waals surface area (Å²) in [6, 6.07) is 15.6. The van der Waals surface area contributed by atoms with Crippen molar-refractivity contribution in [3.8, 4) is 0 Å². The highest BCUT2D eigenvalue weighted by molar-refractivity contribution is 6.03. The number of hydrogen-bond donors (Lipinski definition) is 2. The summed E-state index contributed by atoms with van der Waals surface area (Å²) in [5, 5.41) is 6.11. The minimum absolute atomic E-state index is 0.205. The molecule has 1 amide bonds. The number of piperidine rings is 1. The Bertz CT molecular complexity index is 904. The average molecular weight is 373 g/mol. The first-order chi connectivity index (χ1) is 13.8. The fraction of sp³-hybridized carbons (Fsp3) is 0.227. The molecule has 1 saturated heterocycles. The molecular formula is C22H23N5O. The lowest BCUT2D eigenvalue weighted by molar-refractivity contribution is 0.102. The van der Waals surface area contributed by atoms with Crippen molar-refractivity contribution in [1.29, 1.82) is 0 Å². The van der Waals surface area contributed by atoms with Gasteiger partial charge >= 0.3 is 0 Å². The van der Waals surface area contributed by atoms with Gasteiger partial charge in [-0.3, -0.25) is 9.78 Å². The molecule has 1 aliphatic heterocycles. The number of anilines is 4. The molecule has 0 radical (unpaired) electrons. The maximum Gasteiger partial charge on any atom is 0.257 e. The van der Waals surface area contributed by atoms with E-state index in [0.717, 1.165) is 24.6 Å². The summed E-state index contributed by atoms with van der Waals surface area (Å²) in [5.41, 5.74) is 3.41. The summed E-state index contributed by atoms with van der Waals surface area (Å²) in [5.74, 6) is 0.522. The second kappa shape index (κ2) is 8.52. The van der Waals surface area contributed by atoms with Gasteiger partial charge in [-0.15, -0.1) is 0 Å². The molecule has 6 heteroatoms. The van der Waals surface area contributed by atoms with Crippen LogP contribution in [0.2, 0.25) is 0 Å². The van der Waals surface area contributed by atoms with E-state index in [1.165, 1.54) is 31.1 Å². The highest BCUT2D eigenvalue weighted by atomic mass is 16.1. The van der Waals surface area contributed by atoms with Crippen LogP contribution < -0.4 is 15.5 Å². The average Bonchev–Trinajstić information content (AvgIpc) is 2.77. The van der Waals surface area contributed by atoms with Crippen LogP contribution in [0.4, 0.5) is 22.9 Å². The number of rotatable bonds is 5. The van der Waals surface area contributed by atoms with Crippen LogP contribution in [0.5, 0.6) is 0 Å². The molecule has 0 atom stereocenters. The first-order valence-corrected chi connectivity index (χ1v) is 9.57. The van der Waals surface area contributed by atoms with Gasteiger partial charge in [0.05, 0.1) is 17.4 Å². The molecular weight excluding hydrogens is 350 g/mol. The molecule has 2 N–H and O–H groups in total. The zero-order valence-corrected chi connectivity index (χ0v) is 15.6. The molecule has 3 heterocycles. The Morgan fingerprint density at radius 3 is 2.36 bits per heavy atom. The maximum atomic E-state index is 12.2. The number of carbonyl (C=O) groups excluding carboxylic acids is 1. The van der Waals surface area contributed by atoms with Gasteiger partial charge in [-0.2, -0.15) is 0 Å². The minimum Gasteiger partial charge on any atom is -0.372 e. The van der Waals surface area contributed by atoms with Crippen LogP contribution in [0.3, 0.4) is 0 Å². The molecule has 1 aromatic carbocycles. The summed E-state index contributed by atoms with van der Waals surface area (Å²) >= 11 is 0. The number of amides is 1. The second-order valence-corrected chi connectivity index (χ2v) is 6.85. The third kappa shape index (κ3) is 4.46. The number of benzene rings is 1. The molecule has 1 aliphatic rings. The maximum absolute atomic E-state index is 12.2. The van der Waals surface area contributed by atoms with Gasteiger partial charge < -0.3 is 15.5 Å². The molecule has 0 spiro atoms. The van der Waals surface area contributed by atoms with E-state index in [4.69, 9.17) is 0 Å². The number of nitrogens with zero attached hydrogens (tertiary/aromatic N) is 3. The van der Waals surface area contributed by atoms with Gasteiger partial charge in [0, 0.05) is 36.9 Å². The number of nitrogens with one attached hydrogen (secondary N) is 2. The first-order valence-electron chi connectivity index (χ1n) is 9.57. The molecule has 0 saturated carbocycles. The first kappa shape index (κ1) is 18.0. The Morgan fingerprint density at radius 2 is 1.68 bits per heavy atom. The topological polar surface area (TPSA) is 70.2 Å². The van der Waals surface area contributed by atoms with E-state index in [0.29, 0.717) is 11.3 Å². The van der Waals surface area contributed by atoms with E-state index in [1.807, 2.05) is 12.1 Å². The fourth-order valence-corrected chi connectivity index (χ4v) is 3.30. The zero-order chi connectivity index (χ0) is 19.2. The summed E-state index contributed by atoms with van der Waals surface area (Å²) in [7, 11) is 0. The van der Waals surface area contributed by atoms with Crippen LogP contribution >= 0.6 is 0 Å². The van der Waals surface area contributed by atoms with E-state index in [-0.39, 0.29) is 5.91 Å². The Hall–Kier alpha value is -3.41. The Labute approximate surface area is 164 Å². The number of carbonyl (C=O) groups is 1. The highest BCUT2D eigenvalue weighted by Crippen LogP contribution is 2.23. The molecule has 1 fully saturated rings. The van der Waals surface area contributed by atoms with Crippen LogP contribution in [-0.4, -0.2) is 29.0 Å². The Morgan fingerprint density at radius 1 is 0.893 bits per heavy atom. The van der Waals surface area contributed by atoms with E-state index in [2.05, 4.69) is 49.8 Å². The molecule has 0 unspecified atom stereocenters. The third-order valence-corrected chi connectivity index (χ3v) is 4.81. The lowest BCUT2D eigenvalue weighted by Crippen LogP contribution is -2.29. The molecule has 0 bridgehead atoms. The molecule has 3 aromatic rings. The van der Waals surface area contributed by atoms with Crippen molar-refractivity contribution in [2.75, 3.05) is 28.6 Å². The van der Waals surface area contributed by atoms with E-state index in [1.54, 1.807) is 24.5 Å². The summed E-state index contributed by atoms with van der Waals surface area (Å²) in [4.78, 5) is 22.9. The lowest BCUT2D eigenvalue weighted by atomic mass is 10.1. The third-order valence-electron chi connectivity index (χ3n) is 4.81. The molecule has 6 nitrogen and oxygen atoms in total. The van der Waals surface area contributed by atoms with Crippen molar-refractivity contribution >= 4 is 28.8 Å². The van der Waals surface area contributed by atoms with Crippen LogP contribution in [0.15, 0.2) is 67.1 Å². The predicted molar refractivity (Wildman–Crippen MR) is 112 cm³/mol. The largest absolute Gasteiger partial charge is 0.372 e. The van der Waals surface area contributed by atoms with E-state index < -0.39 is 0 Å². The van der Waals surface area contributed by atoms with Crippen LogP contribution in [-0.2, 0) is 0 Å². The standard InChI is InChI=1S/C22H23N5O/c28-22(17-5-4-12-23-15-17)26-19-8-11-21(24-16-19)25-18-6-9-20(10-7-18)27-13-2-1-3-14-27/h4-12,15-16H,1-3,13-14H2,(H,24,25)(H,26,28). The molecule has 28 heavy (non-hydrogen) atoms. The zero-order valence-electron chi connectivity index (χ0n) is 15.6. The van der Waals surface area contributed by atoms with Crippen molar-refractivity contribution in [3.63, 3.8) is 0 Å². The minimum atomic E-state index is -0.205. The Kier molecular flexibility index (Phi) is 5.47. The van der Waals surface area contributed by atoms with Crippen molar-refractivity contribution in [2.24, 2.45) is 0 Å². The van der Waals surface area contributed by atoms with Crippen molar-refractivity contribution < 1.29 is 4.79 Å². The molecule has 2 aromatic heterocycles. The van der Waals surface area contributed by atoms with Gasteiger partial charge in [-0.1, -0.05) is 0 Å². The summed E-state index contributed by atoms with van der Waals surface area (Å²) < 4.78 is 0. The molecule has 142 valence electrons. The monoisotopic (exact) mass is 373 g/mol. The highest BCUT2D eigenvalue weighted by Gasteiger charge is 2.10. The normalized spacial score (nSPS) is 13.8. The fourth-order valence-electron chi connectivity index (χ4n) is 3.30. The van der Waals surface area contributed by atoms with Gasteiger partial charge in [-0.25, -0.2) is 4.98 Å². The quantitative estimate of drug-likeness (QED) is 0.691. The van der Waals surface area contributed by atoms with E-state index in [9.17, 15) is 4.79 Å². The predicted octanol–water partition coefficient (Wildman–Crippen LogP) is 4.46. The Balaban J connectivity index is 1.36. The smallest absolute Gasteiger partial charge is 0.257 e.